The molecule has 0 aromatic carbocycles. The lowest BCUT2D eigenvalue weighted by molar-refractivity contribution is -0.122. The zero-order valence-corrected chi connectivity index (χ0v) is 11.1. The van der Waals surface area contributed by atoms with Crippen molar-refractivity contribution < 1.29 is 9.59 Å². The molecule has 0 aromatic heterocycles. The maximum absolute atomic E-state index is 11.6. The number of carbonyl (C=O) groups excluding carboxylic acids is 2. The fraction of sp³-hybridized carbons (Fsp3) is 0.833. The van der Waals surface area contributed by atoms with Gasteiger partial charge in [-0.15, -0.1) is 0 Å². The Balaban J connectivity index is 3.51. The Morgan fingerprint density at radius 3 is 2.56 bits per heavy atom. The van der Waals surface area contributed by atoms with Gasteiger partial charge < -0.3 is 10.1 Å². The molecule has 16 heavy (non-hydrogen) atoms. The van der Waals surface area contributed by atoms with Crippen molar-refractivity contribution in [3.8, 4) is 0 Å². The van der Waals surface area contributed by atoms with Gasteiger partial charge in [0.1, 0.15) is 6.29 Å². The molecule has 0 heterocycles. The Kier molecular flexibility index (Phi) is 10.6. The monoisotopic (exact) mass is 245 g/mol. The van der Waals surface area contributed by atoms with Crippen molar-refractivity contribution in [3.05, 3.63) is 0 Å². The van der Waals surface area contributed by atoms with E-state index in [0.717, 1.165) is 19.3 Å². The number of nitrogens with one attached hydrogen (secondary N) is 1. The first-order chi connectivity index (χ1) is 7.76. The predicted molar refractivity (Wildman–Crippen MR) is 69.8 cm³/mol. The van der Waals surface area contributed by atoms with Crippen LogP contribution in [-0.2, 0) is 9.59 Å². The van der Waals surface area contributed by atoms with Gasteiger partial charge in [0.15, 0.2) is 0 Å². The molecule has 3 nitrogen and oxygen atoms in total. The maximum atomic E-state index is 11.6. The molecule has 0 bridgehead atoms. The maximum Gasteiger partial charge on any atom is 0.233 e. The molecule has 0 spiro atoms. The number of hydrogen-bond acceptors (Lipinski definition) is 3. The number of hydrogen-bond donors (Lipinski definition) is 1. The number of rotatable bonds is 10. The van der Waals surface area contributed by atoms with Gasteiger partial charge in [-0.05, 0) is 12.7 Å². The second-order valence-corrected chi connectivity index (χ2v) is 4.87. The summed E-state index contributed by atoms with van der Waals surface area (Å²) in [5, 5.41) is 2.66. The number of unbranched alkanes of at least 4 members (excludes halogenated alkanes) is 4. The van der Waals surface area contributed by atoms with Gasteiger partial charge in [-0.25, -0.2) is 0 Å². The molecule has 4 heteroatoms. The van der Waals surface area contributed by atoms with E-state index in [1.165, 1.54) is 37.4 Å². The molecule has 0 rings (SSSR count). The normalized spacial score (nSPS) is 12.1. The summed E-state index contributed by atoms with van der Waals surface area (Å²) in [7, 11) is 0. The minimum absolute atomic E-state index is 0.00454. The van der Waals surface area contributed by atoms with E-state index >= 15 is 0 Å². The van der Waals surface area contributed by atoms with Crippen molar-refractivity contribution >= 4 is 24.0 Å². The predicted octanol–water partition coefficient (Wildman–Crippen LogP) is 2.39. The first-order valence-corrected chi connectivity index (χ1v) is 7.29. The highest BCUT2D eigenvalue weighted by Crippen LogP contribution is 2.09. The molecular formula is C12H23NO2S. The Bertz CT molecular complexity index is 197. The van der Waals surface area contributed by atoms with E-state index in [1.807, 2.05) is 6.26 Å². The number of amides is 1. The average Bonchev–Trinajstić information content (AvgIpc) is 2.30. The first-order valence-electron chi connectivity index (χ1n) is 6.00. The lowest BCUT2D eigenvalue weighted by Crippen LogP contribution is -2.33. The summed E-state index contributed by atoms with van der Waals surface area (Å²) in [6, 6.07) is 0. The minimum atomic E-state index is -0.215. The van der Waals surface area contributed by atoms with Crippen molar-refractivity contribution in [1.82, 2.24) is 5.32 Å². The highest BCUT2D eigenvalue weighted by atomic mass is 32.2. The van der Waals surface area contributed by atoms with Crippen LogP contribution in [0.3, 0.4) is 0 Å². The lowest BCUT2D eigenvalue weighted by Gasteiger charge is -2.11. The fourth-order valence-electron chi connectivity index (χ4n) is 1.45. The quantitative estimate of drug-likeness (QED) is 0.475. The van der Waals surface area contributed by atoms with Gasteiger partial charge in [0.05, 0.1) is 5.25 Å². The molecule has 94 valence electrons. The van der Waals surface area contributed by atoms with Crippen molar-refractivity contribution in [2.45, 2.75) is 50.7 Å². The molecule has 1 atom stereocenters. The Labute approximate surface area is 103 Å². The summed E-state index contributed by atoms with van der Waals surface area (Å²) in [6.07, 6.45) is 8.93. The molecule has 1 N–H and O–H groups in total. The Morgan fingerprint density at radius 2 is 2.00 bits per heavy atom. The third-order valence-electron chi connectivity index (χ3n) is 2.47. The zero-order valence-electron chi connectivity index (χ0n) is 10.3. The van der Waals surface area contributed by atoms with Crippen LogP contribution in [0.1, 0.15) is 45.4 Å². The third-order valence-corrected chi connectivity index (χ3v) is 3.44. The highest BCUT2D eigenvalue weighted by Gasteiger charge is 2.15. The summed E-state index contributed by atoms with van der Waals surface area (Å²) >= 11 is 1.43. The lowest BCUT2D eigenvalue weighted by atomic mass is 10.1. The molecule has 1 amide bonds. The third kappa shape index (κ3) is 7.74. The standard InChI is InChI=1S/C12H23NO2S/c1-3-4-5-6-7-9-13-12(15)11(16-2)8-10-14/h10-11H,3-9H2,1-2H3,(H,13,15). The Hall–Kier alpha value is -0.510. The van der Waals surface area contributed by atoms with Crippen LogP contribution in [0.2, 0.25) is 0 Å². The molecule has 0 aliphatic heterocycles. The topological polar surface area (TPSA) is 46.2 Å². The number of thioether (sulfide) groups is 1. The van der Waals surface area contributed by atoms with E-state index in [9.17, 15) is 9.59 Å². The Morgan fingerprint density at radius 1 is 1.31 bits per heavy atom. The van der Waals surface area contributed by atoms with E-state index in [4.69, 9.17) is 0 Å². The van der Waals surface area contributed by atoms with Crippen LogP contribution >= 0.6 is 11.8 Å². The molecule has 1 unspecified atom stereocenters. The molecule has 0 radical (unpaired) electrons. The molecule has 0 saturated carbocycles. The minimum Gasteiger partial charge on any atom is -0.355 e. The second-order valence-electron chi connectivity index (χ2n) is 3.83. The summed E-state index contributed by atoms with van der Waals surface area (Å²) < 4.78 is 0. The summed E-state index contributed by atoms with van der Waals surface area (Å²) in [6.45, 7) is 2.92. The van der Waals surface area contributed by atoms with Gasteiger partial charge in [0.2, 0.25) is 5.91 Å². The molecule has 0 fully saturated rings. The van der Waals surface area contributed by atoms with Crippen LogP contribution in [0.15, 0.2) is 0 Å². The van der Waals surface area contributed by atoms with Crippen LogP contribution in [0.5, 0.6) is 0 Å². The largest absolute Gasteiger partial charge is 0.355 e. The van der Waals surface area contributed by atoms with E-state index in [0.29, 0.717) is 6.42 Å². The molecular weight excluding hydrogens is 222 g/mol. The summed E-state index contributed by atoms with van der Waals surface area (Å²) in [4.78, 5) is 21.9. The molecule has 0 aromatic rings. The van der Waals surface area contributed by atoms with Crippen LogP contribution in [0, 0.1) is 0 Å². The van der Waals surface area contributed by atoms with Crippen molar-refractivity contribution in [3.63, 3.8) is 0 Å². The van der Waals surface area contributed by atoms with Crippen LogP contribution < -0.4 is 5.32 Å². The van der Waals surface area contributed by atoms with E-state index < -0.39 is 0 Å². The zero-order chi connectivity index (χ0) is 12.2. The van der Waals surface area contributed by atoms with Crippen LogP contribution in [0.4, 0.5) is 0 Å². The van der Waals surface area contributed by atoms with Crippen molar-refractivity contribution in [1.29, 1.82) is 0 Å². The van der Waals surface area contributed by atoms with Gasteiger partial charge in [0, 0.05) is 13.0 Å². The van der Waals surface area contributed by atoms with Gasteiger partial charge in [-0.1, -0.05) is 32.6 Å². The SMILES string of the molecule is CCCCCCCNC(=O)C(CC=O)SC. The number of aldehydes is 1. The van der Waals surface area contributed by atoms with Gasteiger partial charge in [0.25, 0.3) is 0 Å². The molecule has 0 aliphatic rings. The van der Waals surface area contributed by atoms with E-state index in [-0.39, 0.29) is 11.2 Å². The molecule has 0 aliphatic carbocycles. The van der Waals surface area contributed by atoms with Gasteiger partial charge in [-0.2, -0.15) is 11.8 Å². The average molecular weight is 245 g/mol. The summed E-state index contributed by atoms with van der Waals surface area (Å²) in [5.74, 6) is -0.00454. The van der Waals surface area contributed by atoms with Crippen LogP contribution in [-0.4, -0.2) is 30.2 Å². The van der Waals surface area contributed by atoms with E-state index in [2.05, 4.69) is 12.2 Å². The highest BCUT2D eigenvalue weighted by molar-refractivity contribution is 7.99. The summed E-state index contributed by atoms with van der Waals surface area (Å²) in [5.41, 5.74) is 0. The van der Waals surface area contributed by atoms with Crippen LogP contribution in [0.25, 0.3) is 0 Å². The second kappa shape index (κ2) is 11.0. The van der Waals surface area contributed by atoms with E-state index in [1.54, 1.807) is 0 Å². The van der Waals surface area contributed by atoms with Crippen molar-refractivity contribution in [2.24, 2.45) is 0 Å². The molecule has 0 saturated heterocycles. The van der Waals surface area contributed by atoms with Crippen molar-refractivity contribution in [2.75, 3.05) is 12.8 Å². The van der Waals surface area contributed by atoms with Gasteiger partial charge in [-0.3, -0.25) is 4.79 Å². The first kappa shape index (κ1) is 15.5. The smallest absolute Gasteiger partial charge is 0.233 e. The fourth-order valence-corrected chi connectivity index (χ4v) is 2.02. The van der Waals surface area contributed by atoms with Gasteiger partial charge >= 0.3 is 0 Å². The number of carbonyl (C=O) groups is 2.